The molecule has 0 bridgehead atoms. The summed E-state index contributed by atoms with van der Waals surface area (Å²) in [6, 6.07) is 11.6. The van der Waals surface area contributed by atoms with Crippen LogP contribution in [0.5, 0.6) is 11.5 Å². The van der Waals surface area contributed by atoms with E-state index in [4.69, 9.17) is 14.2 Å². The fraction of sp³-hybridized carbons (Fsp3) is 0.364. The number of carbonyl (C=O) groups excluding carboxylic acids is 2. The first kappa shape index (κ1) is 21.1. The Balaban J connectivity index is 1.39. The van der Waals surface area contributed by atoms with Gasteiger partial charge in [-0.15, -0.1) is 0 Å². The van der Waals surface area contributed by atoms with Crippen LogP contribution < -0.4 is 20.1 Å². The van der Waals surface area contributed by atoms with Gasteiger partial charge in [0.1, 0.15) is 5.82 Å². The number of hydrogen-bond acceptors (Lipinski definition) is 6. The Morgan fingerprint density at radius 3 is 2.55 bits per heavy atom. The first-order valence-corrected chi connectivity index (χ1v) is 10.1. The predicted octanol–water partition coefficient (Wildman–Crippen LogP) is 1.36. The zero-order valence-electron chi connectivity index (χ0n) is 16.9. The molecule has 2 aliphatic heterocycles. The first-order valence-electron chi connectivity index (χ1n) is 10.1. The molecule has 9 heteroatoms. The fourth-order valence-electron chi connectivity index (χ4n) is 3.63. The van der Waals surface area contributed by atoms with Gasteiger partial charge >= 0.3 is 11.8 Å². The summed E-state index contributed by atoms with van der Waals surface area (Å²) < 4.78 is 30.0. The number of fused-ring (bicyclic) bond motifs is 1. The van der Waals surface area contributed by atoms with Gasteiger partial charge in [-0.25, -0.2) is 4.39 Å². The van der Waals surface area contributed by atoms with Gasteiger partial charge in [-0.05, 0) is 23.8 Å². The maximum Gasteiger partial charge on any atom is 0.309 e. The van der Waals surface area contributed by atoms with Crippen molar-refractivity contribution in [1.82, 2.24) is 15.5 Å². The lowest BCUT2D eigenvalue weighted by Gasteiger charge is -2.34. The van der Waals surface area contributed by atoms with Gasteiger partial charge in [0.25, 0.3) is 0 Å². The Morgan fingerprint density at radius 1 is 1.00 bits per heavy atom. The number of amides is 2. The molecule has 0 unspecified atom stereocenters. The average molecular weight is 429 g/mol. The molecule has 2 heterocycles. The predicted molar refractivity (Wildman–Crippen MR) is 109 cm³/mol. The number of nitrogens with zero attached hydrogens (tertiary/aromatic N) is 1. The molecule has 0 aliphatic carbocycles. The van der Waals surface area contributed by atoms with Crippen LogP contribution in [0.25, 0.3) is 0 Å². The van der Waals surface area contributed by atoms with E-state index < -0.39 is 17.6 Å². The molecule has 2 N–H and O–H groups in total. The summed E-state index contributed by atoms with van der Waals surface area (Å²) in [4.78, 5) is 26.7. The van der Waals surface area contributed by atoms with Gasteiger partial charge in [0.15, 0.2) is 11.5 Å². The quantitative estimate of drug-likeness (QED) is 0.675. The average Bonchev–Trinajstić information content (AvgIpc) is 3.27. The number of hydrogen-bond donors (Lipinski definition) is 2. The second-order valence-electron chi connectivity index (χ2n) is 7.26. The van der Waals surface area contributed by atoms with E-state index in [-0.39, 0.29) is 25.9 Å². The van der Waals surface area contributed by atoms with Gasteiger partial charge in [0, 0.05) is 31.7 Å². The monoisotopic (exact) mass is 429 g/mol. The Morgan fingerprint density at radius 2 is 1.74 bits per heavy atom. The lowest BCUT2D eigenvalue weighted by molar-refractivity contribution is -0.139. The largest absolute Gasteiger partial charge is 0.454 e. The standard InChI is InChI=1S/C22H24FN3O5/c23-17-4-2-1-3-16(17)12-24-21(27)22(28)25-13-18(26-7-9-29-10-8-26)15-5-6-19-20(11-15)31-14-30-19/h1-6,11,18H,7-10,12-14H2,(H,24,27)(H,25,28)/t18-/m1/s1. The summed E-state index contributed by atoms with van der Waals surface area (Å²) in [5.74, 6) is -0.672. The Labute approximate surface area is 179 Å². The molecule has 1 saturated heterocycles. The number of morpholine rings is 1. The maximum atomic E-state index is 13.7. The molecule has 2 aliphatic rings. The molecule has 0 spiro atoms. The van der Waals surface area contributed by atoms with E-state index in [1.54, 1.807) is 18.2 Å². The van der Waals surface area contributed by atoms with Gasteiger partial charge in [-0.2, -0.15) is 0 Å². The van der Waals surface area contributed by atoms with Crippen molar-refractivity contribution < 1.29 is 28.2 Å². The molecule has 31 heavy (non-hydrogen) atoms. The van der Waals surface area contributed by atoms with Crippen molar-refractivity contribution in [2.24, 2.45) is 0 Å². The summed E-state index contributed by atoms with van der Waals surface area (Å²) in [6.45, 7) is 2.94. The van der Waals surface area contributed by atoms with Gasteiger partial charge < -0.3 is 24.8 Å². The minimum atomic E-state index is -0.810. The van der Waals surface area contributed by atoms with Crippen LogP contribution in [0.4, 0.5) is 4.39 Å². The topological polar surface area (TPSA) is 89.1 Å². The van der Waals surface area contributed by atoms with Gasteiger partial charge in [0.2, 0.25) is 6.79 Å². The number of halogens is 1. The zero-order chi connectivity index (χ0) is 21.6. The number of benzene rings is 2. The molecule has 0 aromatic heterocycles. The van der Waals surface area contributed by atoms with Crippen LogP contribution in [0.15, 0.2) is 42.5 Å². The fourth-order valence-corrected chi connectivity index (χ4v) is 3.63. The Bertz CT molecular complexity index is 948. The highest BCUT2D eigenvalue weighted by atomic mass is 19.1. The van der Waals surface area contributed by atoms with Crippen molar-refractivity contribution in [3.05, 3.63) is 59.4 Å². The van der Waals surface area contributed by atoms with E-state index in [9.17, 15) is 14.0 Å². The SMILES string of the molecule is O=C(NCc1ccccc1F)C(=O)NC[C@H](c1ccc2c(c1)OCO2)N1CCOCC1. The number of rotatable bonds is 6. The second kappa shape index (κ2) is 9.76. The third-order valence-corrected chi connectivity index (χ3v) is 5.33. The van der Waals surface area contributed by atoms with E-state index in [0.717, 1.165) is 5.56 Å². The Kier molecular flexibility index (Phi) is 6.63. The normalized spacial score (nSPS) is 16.5. The molecule has 2 aromatic rings. The van der Waals surface area contributed by atoms with E-state index in [0.29, 0.717) is 43.4 Å². The van der Waals surface area contributed by atoms with Crippen molar-refractivity contribution in [2.75, 3.05) is 39.6 Å². The van der Waals surface area contributed by atoms with Crippen molar-refractivity contribution in [2.45, 2.75) is 12.6 Å². The molecule has 4 rings (SSSR count). The molecule has 0 radical (unpaired) electrons. The summed E-state index contributed by atoms with van der Waals surface area (Å²) in [5.41, 5.74) is 1.26. The zero-order valence-corrected chi connectivity index (χ0v) is 16.9. The highest BCUT2D eigenvalue weighted by Crippen LogP contribution is 2.35. The van der Waals surface area contributed by atoms with Crippen molar-refractivity contribution in [3.63, 3.8) is 0 Å². The van der Waals surface area contributed by atoms with E-state index in [1.807, 2.05) is 18.2 Å². The summed E-state index contributed by atoms with van der Waals surface area (Å²) in [6.07, 6.45) is 0. The van der Waals surface area contributed by atoms with Gasteiger partial charge in [0.05, 0.1) is 19.3 Å². The van der Waals surface area contributed by atoms with Crippen LogP contribution in [0.3, 0.4) is 0 Å². The molecular weight excluding hydrogens is 405 g/mol. The highest BCUT2D eigenvalue weighted by Gasteiger charge is 2.26. The molecule has 8 nitrogen and oxygen atoms in total. The van der Waals surface area contributed by atoms with Crippen LogP contribution in [0.2, 0.25) is 0 Å². The molecule has 2 amide bonds. The van der Waals surface area contributed by atoms with E-state index >= 15 is 0 Å². The summed E-state index contributed by atoms with van der Waals surface area (Å²) >= 11 is 0. The minimum absolute atomic E-state index is 0.0615. The lowest BCUT2D eigenvalue weighted by atomic mass is 10.0. The van der Waals surface area contributed by atoms with Gasteiger partial charge in [-0.3, -0.25) is 14.5 Å². The molecule has 1 atom stereocenters. The van der Waals surface area contributed by atoms with Crippen LogP contribution in [0.1, 0.15) is 17.2 Å². The first-order chi connectivity index (χ1) is 15.1. The van der Waals surface area contributed by atoms with Crippen LogP contribution in [0, 0.1) is 5.82 Å². The van der Waals surface area contributed by atoms with E-state index in [2.05, 4.69) is 15.5 Å². The highest BCUT2D eigenvalue weighted by molar-refractivity contribution is 6.35. The molecular formula is C22H24FN3O5. The smallest absolute Gasteiger partial charge is 0.309 e. The summed E-state index contributed by atoms with van der Waals surface area (Å²) in [7, 11) is 0. The van der Waals surface area contributed by atoms with E-state index in [1.165, 1.54) is 6.07 Å². The third kappa shape index (κ3) is 5.12. The van der Waals surface area contributed by atoms with Crippen LogP contribution in [-0.4, -0.2) is 56.4 Å². The van der Waals surface area contributed by atoms with Crippen molar-refractivity contribution in [3.8, 4) is 11.5 Å². The van der Waals surface area contributed by atoms with Crippen molar-refractivity contribution in [1.29, 1.82) is 0 Å². The maximum absolute atomic E-state index is 13.7. The molecule has 2 aromatic carbocycles. The number of carbonyl (C=O) groups is 2. The second-order valence-corrected chi connectivity index (χ2v) is 7.26. The number of ether oxygens (including phenoxy) is 3. The molecule has 0 saturated carbocycles. The lowest BCUT2D eigenvalue weighted by Crippen LogP contribution is -2.46. The minimum Gasteiger partial charge on any atom is -0.454 e. The Hall–Kier alpha value is -3.17. The third-order valence-electron chi connectivity index (χ3n) is 5.33. The molecule has 164 valence electrons. The van der Waals surface area contributed by atoms with Crippen LogP contribution >= 0.6 is 0 Å². The molecule has 1 fully saturated rings. The van der Waals surface area contributed by atoms with Gasteiger partial charge in [-0.1, -0.05) is 24.3 Å². The van der Waals surface area contributed by atoms with Crippen LogP contribution in [-0.2, 0) is 20.9 Å². The van der Waals surface area contributed by atoms with Crippen molar-refractivity contribution >= 4 is 11.8 Å². The number of nitrogens with one attached hydrogen (secondary N) is 2. The summed E-state index contributed by atoms with van der Waals surface area (Å²) in [5, 5.41) is 5.15.